The van der Waals surface area contributed by atoms with E-state index >= 15 is 0 Å². The number of morpholine rings is 1. The third kappa shape index (κ3) is 4.90. The Balaban J connectivity index is 1.65. The monoisotopic (exact) mass is 409 g/mol. The molecular weight excluding hydrogens is 385 g/mol. The maximum Gasteiger partial charge on any atom is 0.343 e. The molecule has 0 aliphatic carbocycles. The van der Waals surface area contributed by atoms with Crippen LogP contribution >= 0.6 is 11.6 Å². The largest absolute Gasteiger partial charge is 0.459 e. The fourth-order valence-corrected chi connectivity index (χ4v) is 3.64. The molecule has 3 rings (SSSR count). The molecule has 0 radical (unpaired) electrons. The second-order valence-electron chi connectivity index (χ2n) is 7.38. The molecule has 1 aromatic carbocycles. The highest BCUT2D eigenvalue weighted by Gasteiger charge is 2.26. The van der Waals surface area contributed by atoms with Gasteiger partial charge in [0.2, 0.25) is 0 Å². The molecule has 1 aliphatic rings. The summed E-state index contributed by atoms with van der Waals surface area (Å²) in [5, 5.41) is 4.43. The van der Waals surface area contributed by atoms with Crippen molar-refractivity contribution in [3.63, 3.8) is 0 Å². The number of hydrogen-bond donors (Lipinski definition) is 0. The second kappa shape index (κ2) is 9.03. The van der Waals surface area contributed by atoms with Crippen molar-refractivity contribution in [2.45, 2.75) is 26.9 Å². The highest BCUT2D eigenvalue weighted by molar-refractivity contribution is 6.33. The van der Waals surface area contributed by atoms with Gasteiger partial charge in [-0.15, -0.1) is 0 Å². The van der Waals surface area contributed by atoms with Gasteiger partial charge in [0.15, 0.2) is 0 Å². The van der Waals surface area contributed by atoms with E-state index in [1.54, 1.807) is 19.1 Å². The number of aryl methyl sites for hydroxylation is 1. The third-order valence-electron chi connectivity index (χ3n) is 4.53. The van der Waals surface area contributed by atoms with Crippen LogP contribution in [0.25, 0.3) is 5.69 Å². The zero-order valence-corrected chi connectivity index (χ0v) is 17.1. The van der Waals surface area contributed by atoms with E-state index in [0.717, 1.165) is 19.6 Å². The van der Waals surface area contributed by atoms with E-state index in [2.05, 4.69) is 23.8 Å². The smallest absolute Gasteiger partial charge is 0.343 e. The molecule has 1 saturated heterocycles. The van der Waals surface area contributed by atoms with Gasteiger partial charge in [-0.05, 0) is 37.1 Å². The van der Waals surface area contributed by atoms with Crippen LogP contribution in [0.1, 0.15) is 29.9 Å². The lowest BCUT2D eigenvalue weighted by atomic mass is 10.2. The fraction of sp³-hybridized carbons (Fsp3) is 0.500. The first kappa shape index (κ1) is 20.8. The van der Waals surface area contributed by atoms with Crippen molar-refractivity contribution >= 4 is 17.6 Å². The Morgan fingerprint density at radius 2 is 2.11 bits per heavy atom. The molecule has 0 amide bonds. The van der Waals surface area contributed by atoms with Crippen LogP contribution in [0.5, 0.6) is 0 Å². The van der Waals surface area contributed by atoms with Crippen molar-refractivity contribution in [2.24, 2.45) is 5.92 Å². The molecule has 152 valence electrons. The van der Waals surface area contributed by atoms with E-state index in [1.165, 1.54) is 16.8 Å². The standard InChI is InChI=1S/C20H25ClFN3O3/c1-13(2)10-24-8-9-27-17(11-24)12-28-20(26)18-14(3)23-25(19(18)21)16-6-4-15(22)5-7-16/h4-7,13,17H,8-12H2,1-3H3. The van der Waals surface area contributed by atoms with Gasteiger partial charge in [-0.1, -0.05) is 25.4 Å². The van der Waals surface area contributed by atoms with E-state index in [0.29, 0.717) is 23.9 Å². The Bertz CT molecular complexity index is 823. The Morgan fingerprint density at radius 1 is 1.39 bits per heavy atom. The van der Waals surface area contributed by atoms with Crippen LogP contribution in [0.15, 0.2) is 24.3 Å². The molecule has 0 N–H and O–H groups in total. The molecule has 28 heavy (non-hydrogen) atoms. The molecule has 1 unspecified atom stereocenters. The Morgan fingerprint density at radius 3 is 2.79 bits per heavy atom. The van der Waals surface area contributed by atoms with Crippen molar-refractivity contribution in [2.75, 3.05) is 32.8 Å². The van der Waals surface area contributed by atoms with E-state index in [1.807, 2.05) is 0 Å². The van der Waals surface area contributed by atoms with E-state index < -0.39 is 5.97 Å². The molecule has 8 heteroatoms. The van der Waals surface area contributed by atoms with Gasteiger partial charge >= 0.3 is 5.97 Å². The van der Waals surface area contributed by atoms with Gasteiger partial charge in [-0.25, -0.2) is 13.9 Å². The molecule has 1 aromatic heterocycles. The highest BCUT2D eigenvalue weighted by atomic mass is 35.5. The quantitative estimate of drug-likeness (QED) is 0.683. The van der Waals surface area contributed by atoms with Crippen molar-refractivity contribution in [1.82, 2.24) is 14.7 Å². The van der Waals surface area contributed by atoms with Gasteiger partial charge in [0.25, 0.3) is 0 Å². The van der Waals surface area contributed by atoms with Crippen LogP contribution in [0.4, 0.5) is 4.39 Å². The number of ether oxygens (including phenoxy) is 2. The Labute approximate surface area is 169 Å². The Hall–Kier alpha value is -1.96. The highest BCUT2D eigenvalue weighted by Crippen LogP contribution is 2.24. The summed E-state index contributed by atoms with van der Waals surface area (Å²) in [4.78, 5) is 14.9. The number of hydrogen-bond acceptors (Lipinski definition) is 5. The van der Waals surface area contributed by atoms with E-state index in [4.69, 9.17) is 21.1 Å². The van der Waals surface area contributed by atoms with E-state index in [9.17, 15) is 9.18 Å². The fourth-order valence-electron chi connectivity index (χ4n) is 3.29. The van der Waals surface area contributed by atoms with Gasteiger partial charge < -0.3 is 9.47 Å². The molecule has 2 heterocycles. The van der Waals surface area contributed by atoms with Crippen LogP contribution in [0, 0.1) is 18.7 Å². The number of rotatable bonds is 6. The molecule has 0 bridgehead atoms. The summed E-state index contributed by atoms with van der Waals surface area (Å²) in [6.07, 6.45) is -0.164. The Kier molecular flexibility index (Phi) is 6.69. The van der Waals surface area contributed by atoms with Crippen molar-refractivity contribution < 1.29 is 18.7 Å². The van der Waals surface area contributed by atoms with Gasteiger partial charge in [-0.3, -0.25) is 4.90 Å². The number of carbonyl (C=O) groups is 1. The van der Waals surface area contributed by atoms with Crippen molar-refractivity contribution in [3.05, 3.63) is 46.5 Å². The second-order valence-corrected chi connectivity index (χ2v) is 7.74. The summed E-state index contributed by atoms with van der Waals surface area (Å²) in [7, 11) is 0. The normalized spacial score (nSPS) is 17.9. The van der Waals surface area contributed by atoms with Crippen LogP contribution in [-0.2, 0) is 9.47 Å². The van der Waals surface area contributed by atoms with Gasteiger partial charge in [0.05, 0.1) is 18.0 Å². The molecule has 6 nitrogen and oxygen atoms in total. The lowest BCUT2D eigenvalue weighted by molar-refractivity contribution is -0.0612. The maximum atomic E-state index is 13.1. The minimum absolute atomic E-state index is 0.139. The number of nitrogens with zero attached hydrogens (tertiary/aromatic N) is 3. The lowest BCUT2D eigenvalue weighted by Gasteiger charge is -2.33. The summed E-state index contributed by atoms with van der Waals surface area (Å²) in [6.45, 7) is 9.42. The zero-order chi connectivity index (χ0) is 20.3. The van der Waals surface area contributed by atoms with Gasteiger partial charge in [-0.2, -0.15) is 5.10 Å². The minimum atomic E-state index is -0.541. The molecular formula is C20H25ClFN3O3. The minimum Gasteiger partial charge on any atom is -0.459 e. The van der Waals surface area contributed by atoms with Gasteiger partial charge in [0, 0.05) is 19.6 Å². The van der Waals surface area contributed by atoms with Crippen LogP contribution in [-0.4, -0.2) is 59.6 Å². The molecule has 0 spiro atoms. The summed E-state index contributed by atoms with van der Waals surface area (Å²) >= 11 is 6.37. The predicted molar refractivity (Wildman–Crippen MR) is 105 cm³/mol. The van der Waals surface area contributed by atoms with Crippen LogP contribution < -0.4 is 0 Å². The molecule has 2 aromatic rings. The average Bonchev–Trinajstić information content (AvgIpc) is 2.94. The summed E-state index contributed by atoms with van der Waals surface area (Å²) in [6, 6.07) is 5.71. The first-order valence-electron chi connectivity index (χ1n) is 9.37. The predicted octanol–water partition coefficient (Wildman–Crippen LogP) is 3.49. The number of carbonyl (C=O) groups excluding carboxylic acids is 1. The number of aromatic nitrogens is 2. The van der Waals surface area contributed by atoms with Crippen molar-refractivity contribution in [1.29, 1.82) is 0 Å². The SMILES string of the molecule is Cc1nn(-c2ccc(F)cc2)c(Cl)c1C(=O)OCC1CN(CC(C)C)CCO1. The summed E-state index contributed by atoms with van der Waals surface area (Å²) < 4.78 is 25.7. The molecule has 1 fully saturated rings. The zero-order valence-electron chi connectivity index (χ0n) is 16.3. The summed E-state index contributed by atoms with van der Waals surface area (Å²) in [5.74, 6) is -0.331. The molecule has 1 aliphatic heterocycles. The number of halogens is 2. The third-order valence-corrected chi connectivity index (χ3v) is 4.88. The first-order chi connectivity index (χ1) is 13.3. The van der Waals surface area contributed by atoms with Crippen LogP contribution in [0.2, 0.25) is 5.15 Å². The number of esters is 1. The summed E-state index contributed by atoms with van der Waals surface area (Å²) in [5.41, 5.74) is 1.22. The molecule has 0 saturated carbocycles. The van der Waals surface area contributed by atoms with Crippen LogP contribution in [0.3, 0.4) is 0 Å². The lowest BCUT2D eigenvalue weighted by Crippen LogP contribution is -2.45. The topological polar surface area (TPSA) is 56.6 Å². The molecule has 1 atom stereocenters. The number of benzene rings is 1. The average molecular weight is 410 g/mol. The van der Waals surface area contributed by atoms with Gasteiger partial charge in [0.1, 0.15) is 29.2 Å². The first-order valence-corrected chi connectivity index (χ1v) is 9.75. The van der Waals surface area contributed by atoms with E-state index in [-0.39, 0.29) is 29.2 Å². The maximum absolute atomic E-state index is 13.1. The van der Waals surface area contributed by atoms with Crippen molar-refractivity contribution in [3.8, 4) is 5.69 Å².